The molecule has 0 atom stereocenters. The summed E-state index contributed by atoms with van der Waals surface area (Å²) in [6, 6.07) is 27.7. The fourth-order valence-electron chi connectivity index (χ4n) is 7.14. The third-order valence-corrected chi connectivity index (χ3v) is 10.5. The number of piperazine rings is 1. The van der Waals surface area contributed by atoms with E-state index in [2.05, 4.69) is 49.5 Å². The summed E-state index contributed by atoms with van der Waals surface area (Å²) in [5.41, 5.74) is 5.53. The first kappa shape index (κ1) is 37.0. The Kier molecular flexibility index (Phi) is 11.8. The normalized spacial score (nSPS) is 15.4. The van der Waals surface area contributed by atoms with Crippen LogP contribution in [-0.2, 0) is 6.61 Å². The topological polar surface area (TPSA) is 104 Å². The zero-order valence-electron chi connectivity index (χ0n) is 30.9. The summed E-state index contributed by atoms with van der Waals surface area (Å²) in [7, 11) is 5.51. The smallest absolute Gasteiger partial charge is 0.229 e. The number of carbonyl (C=O) groups is 1. The van der Waals surface area contributed by atoms with E-state index in [1.807, 2.05) is 66.7 Å². The van der Waals surface area contributed by atoms with Crippen LogP contribution in [0, 0.1) is 0 Å². The van der Waals surface area contributed by atoms with E-state index >= 15 is 0 Å². The lowest BCUT2D eigenvalue weighted by molar-refractivity contribution is 0.0982. The maximum atomic E-state index is 12.2. The highest BCUT2D eigenvalue weighted by Crippen LogP contribution is 2.40. The molecule has 0 spiro atoms. The van der Waals surface area contributed by atoms with Gasteiger partial charge in [0, 0.05) is 73.9 Å². The van der Waals surface area contributed by atoms with Crippen LogP contribution in [0.4, 0.5) is 28.8 Å². The van der Waals surface area contributed by atoms with Gasteiger partial charge in [0.2, 0.25) is 5.95 Å². The summed E-state index contributed by atoms with van der Waals surface area (Å²) in [6.45, 7) is 6.90. The highest BCUT2D eigenvalue weighted by molar-refractivity contribution is 6.33. The van der Waals surface area contributed by atoms with Crippen molar-refractivity contribution in [3.8, 4) is 28.4 Å². The van der Waals surface area contributed by atoms with E-state index in [1.54, 1.807) is 26.5 Å². The van der Waals surface area contributed by atoms with Gasteiger partial charge in [-0.25, -0.2) is 4.98 Å². The summed E-state index contributed by atoms with van der Waals surface area (Å²) < 4.78 is 17.4. The van der Waals surface area contributed by atoms with Crippen LogP contribution in [0.5, 0.6) is 17.2 Å². The van der Waals surface area contributed by atoms with Gasteiger partial charge < -0.3 is 34.6 Å². The summed E-state index contributed by atoms with van der Waals surface area (Å²) >= 11 is 6.67. The van der Waals surface area contributed by atoms with Crippen molar-refractivity contribution >= 4 is 46.7 Å². The molecule has 5 aromatic rings. The molecule has 0 saturated carbocycles. The van der Waals surface area contributed by atoms with Crippen LogP contribution in [0.2, 0.25) is 5.02 Å². The molecule has 2 fully saturated rings. The Bertz CT molecular complexity index is 2050. The molecule has 2 aliphatic heterocycles. The molecule has 0 unspecified atom stereocenters. The second kappa shape index (κ2) is 17.2. The first-order valence-corrected chi connectivity index (χ1v) is 18.7. The van der Waals surface area contributed by atoms with Crippen LogP contribution in [0.15, 0.2) is 91.1 Å². The summed E-state index contributed by atoms with van der Waals surface area (Å²) in [6.07, 6.45) is 4.68. The lowest BCUT2D eigenvalue weighted by atomic mass is 10.00. The summed E-state index contributed by atoms with van der Waals surface area (Å²) in [4.78, 5) is 28.9. The number of nitrogens with zero attached hydrogens (tertiary/aromatic N) is 5. The summed E-state index contributed by atoms with van der Waals surface area (Å²) in [5.74, 6) is 2.69. The Labute approximate surface area is 321 Å². The lowest BCUT2D eigenvalue weighted by Crippen LogP contribution is -2.52. The van der Waals surface area contributed by atoms with Crippen molar-refractivity contribution in [3.05, 3.63) is 107 Å². The Morgan fingerprint density at radius 2 is 1.59 bits per heavy atom. The Hall–Kier alpha value is -5.36. The maximum Gasteiger partial charge on any atom is 0.229 e. The van der Waals surface area contributed by atoms with Crippen molar-refractivity contribution in [1.82, 2.24) is 19.8 Å². The first-order chi connectivity index (χ1) is 26.4. The number of halogens is 1. The number of aldehydes is 1. The van der Waals surface area contributed by atoms with Crippen molar-refractivity contribution in [2.75, 3.05) is 76.1 Å². The highest BCUT2D eigenvalue weighted by Gasteiger charge is 2.27. The largest absolute Gasteiger partial charge is 0.497 e. The van der Waals surface area contributed by atoms with Crippen molar-refractivity contribution in [1.29, 1.82) is 0 Å². The first-order valence-electron chi connectivity index (χ1n) is 18.3. The molecular formula is C42H46ClN7O4. The van der Waals surface area contributed by atoms with E-state index in [1.165, 1.54) is 0 Å². The lowest BCUT2D eigenvalue weighted by Gasteiger charge is -2.42. The van der Waals surface area contributed by atoms with Gasteiger partial charge in [-0.05, 0) is 61.9 Å². The van der Waals surface area contributed by atoms with Gasteiger partial charge in [-0.1, -0.05) is 54.1 Å². The number of aromatic nitrogens is 2. The number of rotatable bonds is 13. The number of nitrogens with one attached hydrogen (secondary N) is 2. The minimum absolute atomic E-state index is 0.268. The van der Waals surface area contributed by atoms with E-state index in [0.717, 1.165) is 97.9 Å². The molecule has 0 radical (unpaired) electrons. The number of ether oxygens (including phenoxy) is 3. The number of benzene rings is 4. The number of hydrogen-bond donors (Lipinski definition) is 2. The molecule has 2 aliphatic rings. The predicted octanol–water partition coefficient (Wildman–Crippen LogP) is 7.91. The molecule has 0 amide bonds. The van der Waals surface area contributed by atoms with Gasteiger partial charge in [-0.2, -0.15) is 4.98 Å². The number of carbonyl (C=O) groups excluding carboxylic acids is 1. The monoisotopic (exact) mass is 747 g/mol. The Balaban J connectivity index is 1.07. The number of para-hydroxylation sites is 2. The fraction of sp³-hybridized carbons (Fsp3) is 0.310. The molecule has 2 N–H and O–H groups in total. The SMILES string of the molecule is COc1ccc(COc2c(C=O)cccc2-c2ccccc2Nc2nc(Nc3ccc(N4CCC(N5CCN(C)CC5)CC4)cc3OC)ncc2Cl)cc1. The van der Waals surface area contributed by atoms with Gasteiger partial charge in [0.25, 0.3) is 0 Å². The van der Waals surface area contributed by atoms with Gasteiger partial charge in [-0.3, -0.25) is 9.69 Å². The van der Waals surface area contributed by atoms with Crippen LogP contribution in [0.3, 0.4) is 0 Å². The van der Waals surface area contributed by atoms with Gasteiger partial charge in [0.05, 0.1) is 31.7 Å². The van der Waals surface area contributed by atoms with Crippen molar-refractivity contribution in [2.24, 2.45) is 0 Å². The van der Waals surface area contributed by atoms with Crippen LogP contribution in [-0.4, -0.2) is 92.6 Å². The van der Waals surface area contributed by atoms with E-state index in [9.17, 15) is 4.79 Å². The van der Waals surface area contributed by atoms with E-state index in [4.69, 9.17) is 30.8 Å². The quantitative estimate of drug-likeness (QED) is 0.115. The van der Waals surface area contributed by atoms with Gasteiger partial charge >= 0.3 is 0 Å². The number of likely N-dealkylation sites (N-methyl/N-ethyl adjacent to an activating group) is 1. The van der Waals surface area contributed by atoms with Crippen LogP contribution < -0.4 is 29.7 Å². The minimum Gasteiger partial charge on any atom is -0.497 e. The Morgan fingerprint density at radius 3 is 2.33 bits per heavy atom. The molecule has 3 heterocycles. The minimum atomic E-state index is 0.268. The Morgan fingerprint density at radius 1 is 0.833 bits per heavy atom. The van der Waals surface area contributed by atoms with Crippen molar-refractivity contribution < 1.29 is 19.0 Å². The molecule has 0 aliphatic carbocycles. The molecule has 1 aromatic heterocycles. The third kappa shape index (κ3) is 8.54. The van der Waals surface area contributed by atoms with Gasteiger partial charge in [0.15, 0.2) is 12.1 Å². The standard InChI is InChI=1S/C42H46ClN7O4/c1-48-21-23-50(24-22-48)31-17-19-49(20-18-31)32-13-16-38(39(25-32)53-3)46-42-44-26-36(43)41(47-42)45-37-10-5-4-8-34(37)35-9-6-7-30(27-51)40(35)54-28-29-11-14-33(52-2)15-12-29/h4-16,25-27,31H,17-24,28H2,1-3H3,(H2,44,45,46,47). The molecule has 4 aromatic carbocycles. The van der Waals surface area contributed by atoms with Gasteiger partial charge in [-0.15, -0.1) is 0 Å². The molecular weight excluding hydrogens is 702 g/mol. The van der Waals surface area contributed by atoms with E-state index in [0.29, 0.717) is 39.9 Å². The maximum absolute atomic E-state index is 12.2. The molecule has 280 valence electrons. The number of hydrogen-bond acceptors (Lipinski definition) is 11. The molecule has 54 heavy (non-hydrogen) atoms. The number of anilines is 5. The fourth-order valence-corrected chi connectivity index (χ4v) is 7.28. The molecule has 12 heteroatoms. The highest BCUT2D eigenvalue weighted by atomic mass is 35.5. The molecule has 11 nitrogen and oxygen atoms in total. The zero-order chi connectivity index (χ0) is 37.4. The second-order valence-electron chi connectivity index (χ2n) is 13.6. The van der Waals surface area contributed by atoms with Crippen molar-refractivity contribution in [2.45, 2.75) is 25.5 Å². The molecule has 7 rings (SSSR count). The number of piperidine rings is 1. The average Bonchev–Trinajstić information content (AvgIpc) is 3.22. The predicted molar refractivity (Wildman–Crippen MR) is 215 cm³/mol. The van der Waals surface area contributed by atoms with Crippen LogP contribution >= 0.6 is 11.6 Å². The zero-order valence-corrected chi connectivity index (χ0v) is 31.7. The molecule has 2 saturated heterocycles. The second-order valence-corrected chi connectivity index (χ2v) is 14.0. The van der Waals surface area contributed by atoms with Gasteiger partial charge in [0.1, 0.15) is 28.9 Å². The van der Waals surface area contributed by atoms with Crippen molar-refractivity contribution in [3.63, 3.8) is 0 Å². The number of methoxy groups -OCH3 is 2. The summed E-state index contributed by atoms with van der Waals surface area (Å²) in [5, 5.41) is 7.07. The third-order valence-electron chi connectivity index (χ3n) is 10.2. The van der Waals surface area contributed by atoms with Crippen LogP contribution in [0.25, 0.3) is 11.1 Å². The van der Waals surface area contributed by atoms with Crippen LogP contribution in [0.1, 0.15) is 28.8 Å². The average molecular weight is 748 g/mol. The van der Waals surface area contributed by atoms with E-state index in [-0.39, 0.29) is 6.61 Å². The molecule has 0 bridgehead atoms. The van der Waals surface area contributed by atoms with E-state index < -0.39 is 0 Å².